The van der Waals surface area contributed by atoms with E-state index < -0.39 is 44.0 Å². The van der Waals surface area contributed by atoms with Crippen LogP contribution in [0.2, 0.25) is 98.2 Å². The SMILES string of the molecule is COP1(=O)[O+]([Si](C)(C)C)C(=O)C1(O)[O+]([Si](C)(C)C)[Si](C)(C)C.C[Si-](C)C.C[Si-](C)C. The monoisotopic (exact) mass is 532 g/mol. The molecule has 30 heavy (non-hydrogen) atoms. The van der Waals surface area contributed by atoms with Crippen molar-refractivity contribution in [1.29, 1.82) is 0 Å². The molecule has 1 N–H and O–H groups in total. The lowest BCUT2D eigenvalue weighted by atomic mass is 10.6. The van der Waals surface area contributed by atoms with E-state index in [2.05, 4.69) is 46.9 Å². The van der Waals surface area contributed by atoms with Crippen molar-refractivity contribution in [1.82, 2.24) is 0 Å². The molecule has 6 nitrogen and oxygen atoms in total. The van der Waals surface area contributed by atoms with Gasteiger partial charge in [-0.15, -0.1) is 0 Å². The second kappa shape index (κ2) is 11.2. The van der Waals surface area contributed by atoms with Gasteiger partial charge in [0.1, 0.15) is 0 Å². The summed E-state index contributed by atoms with van der Waals surface area (Å²) in [6, 6.07) is 0. The highest BCUT2D eigenvalue weighted by molar-refractivity contribution is 7.62. The molecule has 2 unspecified atom stereocenters. The van der Waals surface area contributed by atoms with Gasteiger partial charge in [0.2, 0.25) is 0 Å². The van der Waals surface area contributed by atoms with Crippen molar-refractivity contribution < 1.29 is 26.6 Å². The highest BCUT2D eigenvalue weighted by atomic mass is 31.2. The molecule has 1 aliphatic rings. The molecule has 0 saturated carbocycles. The van der Waals surface area contributed by atoms with Crippen molar-refractivity contribution >= 4 is 56.1 Å². The average molecular weight is 533 g/mol. The molecule has 0 radical (unpaired) electrons. The van der Waals surface area contributed by atoms with Crippen LogP contribution < -0.4 is 0 Å². The van der Waals surface area contributed by atoms with Gasteiger partial charge in [-0.05, 0) is 19.6 Å². The standard InChI is InChI=1S/C12H31O6PSi3.2C3H9Si/c1-16-19(15)12(14,11(13)17(19)20(2,3)4)18(21(5,6)7)22(8,9)10;2*1-4(2)3/h14H,1-10H3;2*1-3H3/q+2;2*-1. The van der Waals surface area contributed by atoms with E-state index in [4.69, 9.17) is 4.52 Å². The second-order valence-electron chi connectivity index (χ2n) is 11.5. The lowest BCUT2D eigenvalue weighted by Crippen LogP contribution is -2.74. The molecule has 1 rings (SSSR count). The highest BCUT2D eigenvalue weighted by Gasteiger charge is 2.91. The van der Waals surface area contributed by atoms with Crippen LogP contribution in [0.25, 0.3) is 0 Å². The van der Waals surface area contributed by atoms with Crippen LogP contribution in [0.4, 0.5) is 0 Å². The zero-order chi connectivity index (χ0) is 25.1. The lowest BCUT2D eigenvalue weighted by molar-refractivity contribution is -0.231. The van der Waals surface area contributed by atoms with Crippen LogP contribution in [0.5, 0.6) is 0 Å². The Morgan fingerprint density at radius 3 is 1.30 bits per heavy atom. The van der Waals surface area contributed by atoms with Crippen LogP contribution in [0, 0.1) is 0 Å². The Balaban J connectivity index is 0. The first-order valence-corrected chi connectivity index (χ1v) is 28.1. The van der Waals surface area contributed by atoms with Gasteiger partial charge in [0.25, 0.3) is 0 Å². The fourth-order valence-corrected chi connectivity index (χ4v) is 20.4. The van der Waals surface area contributed by atoms with Gasteiger partial charge >= 0.3 is 44.0 Å². The van der Waals surface area contributed by atoms with Crippen molar-refractivity contribution in [3.05, 3.63) is 0 Å². The van der Waals surface area contributed by atoms with Gasteiger partial charge in [-0.3, -0.25) is 22.1 Å². The summed E-state index contributed by atoms with van der Waals surface area (Å²) in [5.41, 5.74) is -2.11. The maximum Gasteiger partial charge on any atom is 0.631 e. The first kappa shape index (κ1) is 32.8. The molecule has 1 heterocycles. The molecule has 0 aromatic heterocycles. The van der Waals surface area contributed by atoms with Crippen LogP contribution >= 0.6 is 7.60 Å². The largest absolute Gasteiger partial charge is 0.631 e. The molecular formula is C18H49O6PSi5. The number of aliphatic hydroxyl groups is 1. The predicted molar refractivity (Wildman–Crippen MR) is 143 cm³/mol. The van der Waals surface area contributed by atoms with Gasteiger partial charge in [-0.1, -0.05) is 0 Å². The Bertz CT molecular complexity index is 584. The minimum atomic E-state index is -3.76. The summed E-state index contributed by atoms with van der Waals surface area (Å²) in [7, 11) is -8.92. The zero-order valence-corrected chi connectivity index (χ0v) is 28.3. The number of carbonyl (C=O) groups is 1. The average Bonchev–Trinajstić information content (AvgIpc) is 2.40. The summed E-state index contributed by atoms with van der Waals surface area (Å²) in [6.07, 6.45) is 0. The predicted octanol–water partition coefficient (Wildman–Crippen LogP) is 6.36. The maximum absolute atomic E-state index is 13.4. The second-order valence-corrected chi connectivity index (χ2v) is 34.5. The van der Waals surface area contributed by atoms with Crippen LogP contribution in [0.3, 0.4) is 0 Å². The lowest BCUT2D eigenvalue weighted by Gasteiger charge is -2.58. The molecule has 182 valence electrons. The van der Waals surface area contributed by atoms with E-state index >= 15 is 0 Å². The van der Waals surface area contributed by atoms with Crippen LogP contribution in [-0.4, -0.2) is 66.3 Å². The summed E-state index contributed by atoms with van der Waals surface area (Å²) in [5, 5.41) is 11.2. The van der Waals surface area contributed by atoms with Gasteiger partial charge in [-0.25, -0.2) is 4.57 Å². The van der Waals surface area contributed by atoms with E-state index in [1.54, 1.807) is 0 Å². The molecule has 0 aromatic carbocycles. The molecule has 1 aliphatic heterocycles. The first-order chi connectivity index (χ1) is 12.9. The summed E-state index contributed by atoms with van der Waals surface area (Å²) < 4.78 is 24.0. The summed E-state index contributed by atoms with van der Waals surface area (Å²) in [6.45, 7) is 31.4. The highest BCUT2D eigenvalue weighted by Crippen LogP contribution is 2.77. The van der Waals surface area contributed by atoms with Gasteiger partial charge < -0.3 is 12.7 Å². The third-order valence-electron chi connectivity index (χ3n) is 3.38. The summed E-state index contributed by atoms with van der Waals surface area (Å²) in [4.78, 5) is 12.8. The molecular weight excluding hydrogens is 484 g/mol. The molecule has 1 fully saturated rings. The number of hydrogen-bond acceptors (Lipinski definition) is 4. The Kier molecular flexibility index (Phi) is 12.3. The number of carbonyl (C=O) groups excluding carboxylic acids is 1. The number of hydrogen-bond donors (Lipinski definition) is 1. The fourth-order valence-electron chi connectivity index (χ4n) is 3.24. The molecule has 0 bridgehead atoms. The van der Waals surface area contributed by atoms with Crippen LogP contribution in [0.1, 0.15) is 0 Å². The quantitative estimate of drug-likeness (QED) is 0.193. The topological polar surface area (TPSA) is 69.0 Å². The van der Waals surface area contributed by atoms with E-state index in [0.717, 1.165) is 0 Å². The molecule has 0 aliphatic carbocycles. The van der Waals surface area contributed by atoms with Crippen LogP contribution in [-0.2, 0) is 21.5 Å². The minimum Gasteiger partial charge on any atom is -0.567 e. The third kappa shape index (κ3) is 7.91. The van der Waals surface area contributed by atoms with Crippen molar-refractivity contribution in [3.63, 3.8) is 0 Å². The van der Waals surface area contributed by atoms with Crippen molar-refractivity contribution in [2.24, 2.45) is 0 Å². The Morgan fingerprint density at radius 1 is 0.867 bits per heavy atom. The molecule has 0 aromatic rings. The molecule has 1 saturated heterocycles. The van der Waals surface area contributed by atoms with E-state index in [9.17, 15) is 14.5 Å². The third-order valence-corrected chi connectivity index (χ3v) is 16.4. The summed E-state index contributed by atoms with van der Waals surface area (Å²) in [5.74, 6) is -0.563. The van der Waals surface area contributed by atoms with Crippen molar-refractivity contribution in [2.45, 2.75) is 104 Å². The molecule has 2 atom stereocenters. The van der Waals surface area contributed by atoms with Crippen LogP contribution in [0.15, 0.2) is 0 Å². The van der Waals surface area contributed by atoms with E-state index in [1.807, 2.05) is 58.9 Å². The first-order valence-electron chi connectivity index (χ1n) is 10.4. The van der Waals surface area contributed by atoms with Crippen molar-refractivity contribution in [2.75, 3.05) is 7.11 Å². The molecule has 0 amide bonds. The minimum absolute atomic E-state index is 0.120. The molecule has 0 spiro atoms. The van der Waals surface area contributed by atoms with Crippen molar-refractivity contribution in [3.8, 4) is 0 Å². The zero-order valence-electron chi connectivity index (χ0n) is 22.4. The van der Waals surface area contributed by atoms with Gasteiger partial charge in [-0.2, -0.15) is 39.3 Å². The van der Waals surface area contributed by atoms with E-state index in [0.29, 0.717) is 0 Å². The number of rotatable bonds is 5. The maximum atomic E-state index is 13.4. The Morgan fingerprint density at radius 2 is 1.13 bits per heavy atom. The Labute approximate surface area is 193 Å². The summed E-state index contributed by atoms with van der Waals surface area (Å²) >= 11 is 0. The molecule has 12 heteroatoms. The van der Waals surface area contributed by atoms with E-state index in [-0.39, 0.29) is 17.6 Å². The smallest absolute Gasteiger partial charge is 0.567 e. The Hall–Kier alpha value is 0.664. The normalized spacial score (nSPS) is 24.9. The van der Waals surface area contributed by atoms with E-state index in [1.165, 1.54) is 7.11 Å². The fraction of sp³-hybridized carbons (Fsp3) is 0.944. The van der Waals surface area contributed by atoms with Gasteiger partial charge in [0.15, 0.2) is 0 Å². The van der Waals surface area contributed by atoms with Gasteiger partial charge in [0, 0.05) is 46.4 Å². The van der Waals surface area contributed by atoms with Gasteiger partial charge in [0.05, 0.1) is 4.79 Å².